The van der Waals surface area contributed by atoms with Crippen molar-refractivity contribution in [2.45, 2.75) is 37.1 Å². The zero-order valence-corrected chi connectivity index (χ0v) is 26.8. The predicted octanol–water partition coefficient (Wildman–Crippen LogP) is 0.702. The summed E-state index contributed by atoms with van der Waals surface area (Å²) < 4.78 is 50.6. The SMILES string of the molecule is NC[C@H]1O[B@@-]2(O[C@@H]3[C@H](O2)[C@@H](COP(=O)(O)O)O[C@H]3n2cnc3c(N)ncnc32)c2c(OCCC(=O)Nc3nccs3)ccc(Br)c21. The van der Waals surface area contributed by atoms with Crippen LogP contribution >= 0.6 is 35.1 Å². The van der Waals surface area contributed by atoms with E-state index < -0.39 is 51.8 Å². The lowest BCUT2D eigenvalue weighted by atomic mass is 9.69. The van der Waals surface area contributed by atoms with E-state index in [1.807, 2.05) is 0 Å². The van der Waals surface area contributed by atoms with Crippen LogP contribution in [0.3, 0.4) is 0 Å². The highest BCUT2D eigenvalue weighted by Gasteiger charge is 2.60. The Labute approximate surface area is 272 Å². The smallest absolute Gasteiger partial charge is 0.469 e. The van der Waals surface area contributed by atoms with Crippen molar-refractivity contribution in [1.29, 1.82) is 0 Å². The summed E-state index contributed by atoms with van der Waals surface area (Å²) in [6.45, 7) is -3.26. The molecular formula is C24H26BBrN8O10PS-. The van der Waals surface area contributed by atoms with Gasteiger partial charge in [0.15, 0.2) is 22.8 Å². The van der Waals surface area contributed by atoms with Crippen LogP contribution in [0.5, 0.6) is 5.75 Å². The molecule has 3 aliphatic heterocycles. The van der Waals surface area contributed by atoms with Crippen molar-refractivity contribution in [3.05, 3.63) is 46.4 Å². The van der Waals surface area contributed by atoms with Crippen LogP contribution < -0.4 is 27.0 Å². The number of halogens is 1. The monoisotopic (exact) mass is 739 g/mol. The summed E-state index contributed by atoms with van der Waals surface area (Å²) in [7, 11) is -4.87. The number of hydrogen-bond donors (Lipinski definition) is 5. The number of carbonyl (C=O) groups excluding carboxylic acids is 1. The van der Waals surface area contributed by atoms with Crippen molar-refractivity contribution < 1.29 is 47.1 Å². The number of phosphoric acid groups is 1. The lowest BCUT2D eigenvalue weighted by Crippen LogP contribution is -2.52. The number of phosphoric ester groups is 1. The molecule has 4 aromatic rings. The van der Waals surface area contributed by atoms with Crippen LogP contribution in [0.1, 0.15) is 24.3 Å². The maximum Gasteiger partial charge on any atom is 0.469 e. The molecule has 2 fully saturated rings. The van der Waals surface area contributed by atoms with Crippen molar-refractivity contribution in [2.75, 3.05) is 30.8 Å². The van der Waals surface area contributed by atoms with Gasteiger partial charge < -0.3 is 50.0 Å². The Morgan fingerprint density at radius 1 is 1.20 bits per heavy atom. The minimum Gasteiger partial charge on any atom is -0.534 e. The van der Waals surface area contributed by atoms with E-state index in [9.17, 15) is 19.1 Å². The van der Waals surface area contributed by atoms with Gasteiger partial charge in [-0.05, 0) is 17.7 Å². The molecule has 0 radical (unpaired) electrons. The first-order valence-corrected chi connectivity index (χ1v) is 17.1. The van der Waals surface area contributed by atoms with Gasteiger partial charge in [-0.25, -0.2) is 24.5 Å². The molecule has 3 aromatic heterocycles. The van der Waals surface area contributed by atoms with Crippen LogP contribution in [0.2, 0.25) is 0 Å². The highest BCUT2D eigenvalue weighted by Crippen LogP contribution is 2.49. The minimum atomic E-state index is -4.87. The minimum absolute atomic E-state index is 0.00420. The average Bonchev–Trinajstić information content (AvgIpc) is 3.83. The number of aromatic nitrogens is 5. The Hall–Kier alpha value is -3.08. The summed E-state index contributed by atoms with van der Waals surface area (Å²) in [5.74, 6) is 0.202. The van der Waals surface area contributed by atoms with Gasteiger partial charge in [0, 0.05) is 22.6 Å². The number of nitrogens with two attached hydrogens (primary N) is 2. The van der Waals surface area contributed by atoms with Crippen molar-refractivity contribution >= 4 is 75.3 Å². The van der Waals surface area contributed by atoms with E-state index in [1.165, 1.54) is 24.0 Å². The van der Waals surface area contributed by atoms with Gasteiger partial charge in [-0.1, -0.05) is 21.4 Å². The standard InChI is InChI=1S/C24H26BBrN8O10PS/c26-11-1-2-12(39-5-3-15(35)33-24-29-4-6-46-24)17-16(11)13(7-27)42-25(17)43-19-14(8-40-45(36,37)38)41-23(20(19)44-25)34-10-32-18-21(28)30-9-31-22(18)34/h1-2,4,6,9-10,13-14,19-20,23H,3,5,7-8,27H2,(H2,28,30,31)(H,29,33,35)(H2,36,37,38)/q-1/t13-,14-,19-,20-,23-,25+/m1/s1. The first-order valence-electron chi connectivity index (χ1n) is 13.9. The molecule has 1 amide bonds. The summed E-state index contributed by atoms with van der Waals surface area (Å²) in [5.41, 5.74) is 13.9. The number of amides is 1. The maximum atomic E-state index is 12.5. The fourth-order valence-electron chi connectivity index (χ4n) is 5.90. The van der Waals surface area contributed by atoms with Crippen molar-refractivity contribution in [3.8, 4) is 5.75 Å². The van der Waals surface area contributed by atoms with E-state index in [4.69, 9.17) is 39.4 Å². The quantitative estimate of drug-likeness (QED) is 0.111. The normalized spacial score (nSPS) is 26.9. The van der Waals surface area contributed by atoms with Crippen LogP contribution in [0.25, 0.3) is 11.2 Å². The van der Waals surface area contributed by atoms with E-state index in [1.54, 1.807) is 28.3 Å². The van der Waals surface area contributed by atoms with Crippen molar-refractivity contribution in [2.24, 2.45) is 5.73 Å². The first kappa shape index (κ1) is 31.5. The number of ether oxygens (including phenoxy) is 2. The van der Waals surface area contributed by atoms with E-state index in [2.05, 4.69) is 41.2 Å². The van der Waals surface area contributed by atoms with Crippen molar-refractivity contribution in [1.82, 2.24) is 24.5 Å². The van der Waals surface area contributed by atoms with Gasteiger partial charge in [0.05, 0.1) is 50.0 Å². The number of nitrogens with one attached hydrogen (secondary N) is 1. The molecule has 7 rings (SSSR count). The van der Waals surface area contributed by atoms with Gasteiger partial charge in [0.2, 0.25) is 5.91 Å². The lowest BCUT2D eigenvalue weighted by molar-refractivity contribution is -0.116. The Balaban J connectivity index is 1.22. The van der Waals surface area contributed by atoms with Crippen LogP contribution in [0.4, 0.5) is 10.9 Å². The van der Waals surface area contributed by atoms with Crippen molar-refractivity contribution in [3.63, 3.8) is 0 Å². The van der Waals surface area contributed by atoms with Gasteiger partial charge in [-0.2, -0.15) is 0 Å². The molecule has 22 heteroatoms. The zero-order chi connectivity index (χ0) is 32.2. The number of nitrogen functional groups attached to an aromatic ring is 1. The predicted molar refractivity (Wildman–Crippen MR) is 165 cm³/mol. The Kier molecular flexibility index (Phi) is 8.35. The molecule has 0 aliphatic carbocycles. The Morgan fingerprint density at radius 2 is 2.02 bits per heavy atom. The number of rotatable bonds is 10. The van der Waals surface area contributed by atoms with Gasteiger partial charge in [-0.3, -0.25) is 13.9 Å². The molecule has 1 aromatic carbocycles. The average molecular weight is 740 g/mol. The van der Waals surface area contributed by atoms with Gasteiger partial charge >= 0.3 is 14.6 Å². The third-order valence-electron chi connectivity index (χ3n) is 7.72. The number of hydrogen-bond acceptors (Lipinski definition) is 15. The number of thiazole rings is 1. The molecular weight excluding hydrogens is 714 g/mol. The third kappa shape index (κ3) is 5.71. The number of nitrogens with zero attached hydrogens (tertiary/aromatic N) is 5. The molecule has 0 saturated carbocycles. The topological polar surface area (TPSA) is 251 Å². The fourth-order valence-corrected chi connectivity index (χ4v) is 7.39. The summed E-state index contributed by atoms with van der Waals surface area (Å²) in [5, 5.41) is 4.94. The number of fused-ring (bicyclic) bond motifs is 4. The Bertz CT molecular complexity index is 1830. The molecule has 7 N–H and O–H groups in total. The fraction of sp³-hybridized carbons (Fsp3) is 0.375. The second kappa shape index (κ2) is 12.2. The first-order chi connectivity index (χ1) is 22.1. The number of benzene rings is 1. The molecule has 2 saturated heterocycles. The summed E-state index contributed by atoms with van der Waals surface area (Å²) in [6.07, 6.45) is -0.214. The van der Waals surface area contributed by atoms with E-state index >= 15 is 0 Å². The van der Waals surface area contributed by atoms with Crippen LogP contribution in [0.15, 0.2) is 40.8 Å². The summed E-state index contributed by atoms with van der Waals surface area (Å²) in [6, 6.07) is 3.46. The van der Waals surface area contributed by atoms with E-state index in [-0.39, 0.29) is 31.3 Å². The molecule has 0 unspecified atom stereocenters. The molecule has 46 heavy (non-hydrogen) atoms. The van der Waals surface area contributed by atoms with Crippen LogP contribution in [-0.4, -0.2) is 85.0 Å². The molecule has 6 atom stereocenters. The van der Waals surface area contributed by atoms with Gasteiger partial charge in [-0.15, -0.1) is 11.3 Å². The number of imidazole rings is 1. The molecule has 1 spiro atoms. The Morgan fingerprint density at radius 3 is 2.78 bits per heavy atom. The second-order valence-electron chi connectivity index (χ2n) is 10.5. The highest BCUT2D eigenvalue weighted by molar-refractivity contribution is 9.10. The highest BCUT2D eigenvalue weighted by atomic mass is 79.9. The summed E-state index contributed by atoms with van der Waals surface area (Å²) in [4.78, 5) is 48.0. The maximum absolute atomic E-state index is 12.5. The van der Waals surface area contributed by atoms with Gasteiger partial charge in [0.25, 0.3) is 0 Å². The molecule has 18 nitrogen and oxygen atoms in total. The molecule has 0 bridgehead atoms. The van der Waals surface area contributed by atoms with Gasteiger partial charge in [0.1, 0.15) is 17.9 Å². The molecule has 3 aliphatic rings. The van der Waals surface area contributed by atoms with E-state index in [0.29, 0.717) is 37.5 Å². The summed E-state index contributed by atoms with van der Waals surface area (Å²) >= 11 is 4.88. The largest absolute Gasteiger partial charge is 0.534 e. The molecule has 6 heterocycles. The number of anilines is 2. The van der Waals surface area contributed by atoms with E-state index in [0.717, 1.165) is 0 Å². The lowest BCUT2D eigenvalue weighted by Gasteiger charge is -2.36. The van der Waals surface area contributed by atoms with Crippen LogP contribution in [-0.2, 0) is 32.6 Å². The second-order valence-corrected chi connectivity index (χ2v) is 13.5. The third-order valence-corrected chi connectivity index (χ3v) is 9.58. The zero-order valence-electron chi connectivity index (χ0n) is 23.5. The number of carbonyl (C=O) groups is 1. The van der Waals surface area contributed by atoms with Crippen LogP contribution in [0, 0.1) is 0 Å². The molecule has 244 valence electrons.